The van der Waals surface area contributed by atoms with Crippen molar-refractivity contribution in [1.82, 2.24) is 0 Å². The van der Waals surface area contributed by atoms with Crippen LogP contribution in [0.1, 0.15) is 10.4 Å². The van der Waals surface area contributed by atoms with E-state index in [1.807, 2.05) is 0 Å². The molecule has 1 aromatic rings. The number of carboxylic acid groups (broad SMARTS) is 1. The molecule has 0 atom stereocenters. The second-order valence-electron chi connectivity index (χ2n) is 2.82. The molecule has 0 bridgehead atoms. The fourth-order valence-corrected chi connectivity index (χ4v) is 2.35. The molecule has 1 N–H and O–H groups in total. The quantitative estimate of drug-likeness (QED) is 0.826. The average molecular weight is 230 g/mol. The molecule has 0 aromatic heterocycles. The molecule has 1 aromatic carbocycles. The van der Waals surface area contributed by atoms with Crippen LogP contribution in [-0.2, 0) is 14.6 Å². The first-order valence-electron chi connectivity index (χ1n) is 4.03. The number of benzene rings is 1. The van der Waals surface area contributed by atoms with Crippen molar-refractivity contribution in [3.63, 3.8) is 0 Å². The first-order chi connectivity index (χ1) is 6.99. The zero-order valence-corrected chi connectivity index (χ0v) is 8.82. The summed E-state index contributed by atoms with van der Waals surface area (Å²) in [7, 11) is -2.45. The Morgan fingerprint density at radius 3 is 2.53 bits per heavy atom. The Balaban J connectivity index is 3.31. The normalized spacial score (nSPS) is 11.3. The van der Waals surface area contributed by atoms with Gasteiger partial charge in [0.1, 0.15) is 0 Å². The molecule has 6 heteroatoms. The van der Waals surface area contributed by atoms with Crippen molar-refractivity contribution in [3.8, 4) is 0 Å². The zero-order chi connectivity index (χ0) is 11.5. The van der Waals surface area contributed by atoms with Gasteiger partial charge in [0.05, 0.1) is 10.5 Å². The Hall–Kier alpha value is -1.40. The van der Waals surface area contributed by atoms with Crippen molar-refractivity contribution in [3.05, 3.63) is 29.8 Å². The fraction of sp³-hybridized carbons (Fsp3) is 0.222. The predicted octanol–water partition coefficient (Wildman–Crippen LogP) is 0.762. The molecule has 5 nitrogen and oxygen atoms in total. The van der Waals surface area contributed by atoms with Crippen molar-refractivity contribution >= 4 is 15.8 Å². The van der Waals surface area contributed by atoms with Crippen LogP contribution in [0.5, 0.6) is 0 Å². The molecular weight excluding hydrogens is 220 g/mol. The number of hydrogen-bond donors (Lipinski definition) is 1. The summed E-state index contributed by atoms with van der Waals surface area (Å²) >= 11 is 0. The molecule has 0 radical (unpaired) electrons. The SMILES string of the molecule is COCS(=O)(=O)c1ccccc1C(=O)O. The second kappa shape index (κ2) is 4.41. The smallest absolute Gasteiger partial charge is 0.337 e. The van der Waals surface area contributed by atoms with E-state index >= 15 is 0 Å². The van der Waals surface area contributed by atoms with Gasteiger partial charge in [0, 0.05) is 7.11 Å². The first kappa shape index (κ1) is 11.7. The third-order valence-corrected chi connectivity index (χ3v) is 3.30. The number of rotatable bonds is 4. The Bertz CT molecular complexity index is 463. The van der Waals surface area contributed by atoms with Gasteiger partial charge in [-0.05, 0) is 12.1 Å². The summed E-state index contributed by atoms with van der Waals surface area (Å²) in [4.78, 5) is 10.5. The Kier molecular flexibility index (Phi) is 3.43. The van der Waals surface area contributed by atoms with E-state index in [2.05, 4.69) is 4.74 Å². The van der Waals surface area contributed by atoms with E-state index in [1.165, 1.54) is 31.4 Å². The molecule has 0 saturated heterocycles. The maximum absolute atomic E-state index is 11.6. The van der Waals surface area contributed by atoms with Gasteiger partial charge in [0.15, 0.2) is 5.94 Å². The van der Waals surface area contributed by atoms with Crippen LogP contribution in [-0.4, -0.2) is 32.5 Å². The summed E-state index contributed by atoms with van der Waals surface area (Å²) < 4.78 is 27.7. The molecule has 0 amide bonds. The van der Waals surface area contributed by atoms with Crippen LogP contribution in [0.4, 0.5) is 0 Å². The van der Waals surface area contributed by atoms with E-state index in [4.69, 9.17) is 5.11 Å². The number of carboxylic acids is 1. The zero-order valence-electron chi connectivity index (χ0n) is 8.00. The third-order valence-electron chi connectivity index (χ3n) is 1.73. The van der Waals surface area contributed by atoms with Gasteiger partial charge in [-0.3, -0.25) is 0 Å². The lowest BCUT2D eigenvalue weighted by Crippen LogP contribution is -2.13. The molecular formula is C9H10O5S. The van der Waals surface area contributed by atoms with Gasteiger partial charge in [-0.1, -0.05) is 12.1 Å². The molecule has 0 unspecified atom stereocenters. The van der Waals surface area contributed by atoms with Crippen molar-refractivity contribution in [1.29, 1.82) is 0 Å². The summed E-state index contributed by atoms with van der Waals surface area (Å²) in [5.74, 6) is -1.80. The number of hydrogen-bond acceptors (Lipinski definition) is 4. The minimum absolute atomic E-state index is 0.223. The van der Waals surface area contributed by atoms with Crippen molar-refractivity contribution in [2.24, 2.45) is 0 Å². The Morgan fingerprint density at radius 2 is 2.00 bits per heavy atom. The van der Waals surface area contributed by atoms with Crippen molar-refractivity contribution in [2.45, 2.75) is 4.90 Å². The van der Waals surface area contributed by atoms with E-state index in [-0.39, 0.29) is 10.5 Å². The number of carbonyl (C=O) groups is 1. The van der Waals surface area contributed by atoms with Gasteiger partial charge < -0.3 is 9.84 Å². The van der Waals surface area contributed by atoms with Crippen LogP contribution in [0.3, 0.4) is 0 Å². The molecule has 0 heterocycles. The lowest BCUT2D eigenvalue weighted by Gasteiger charge is -2.05. The maximum atomic E-state index is 11.6. The average Bonchev–Trinajstić information content (AvgIpc) is 2.17. The highest BCUT2D eigenvalue weighted by Crippen LogP contribution is 2.16. The summed E-state index contributed by atoms with van der Waals surface area (Å²) in [6.45, 7) is 0. The van der Waals surface area contributed by atoms with E-state index < -0.39 is 21.7 Å². The van der Waals surface area contributed by atoms with Gasteiger partial charge in [-0.25, -0.2) is 13.2 Å². The van der Waals surface area contributed by atoms with E-state index in [0.717, 1.165) is 0 Å². The van der Waals surface area contributed by atoms with E-state index in [9.17, 15) is 13.2 Å². The molecule has 15 heavy (non-hydrogen) atoms. The highest BCUT2D eigenvalue weighted by Gasteiger charge is 2.21. The number of ether oxygens (including phenoxy) is 1. The fourth-order valence-electron chi connectivity index (χ4n) is 1.13. The number of sulfone groups is 1. The minimum atomic E-state index is -3.69. The molecule has 1 rings (SSSR count). The van der Waals surface area contributed by atoms with E-state index in [0.29, 0.717) is 0 Å². The molecule has 0 spiro atoms. The lowest BCUT2D eigenvalue weighted by atomic mass is 10.2. The lowest BCUT2D eigenvalue weighted by molar-refractivity contribution is 0.0692. The van der Waals surface area contributed by atoms with Crippen LogP contribution in [0, 0.1) is 0 Å². The molecule has 0 aliphatic heterocycles. The van der Waals surface area contributed by atoms with Gasteiger partial charge in [-0.2, -0.15) is 0 Å². The summed E-state index contributed by atoms with van der Waals surface area (Å²) in [5, 5.41) is 8.79. The summed E-state index contributed by atoms with van der Waals surface area (Å²) in [6, 6.07) is 5.42. The van der Waals surface area contributed by atoms with Crippen LogP contribution in [0.15, 0.2) is 29.2 Å². The Labute approximate surface area is 87.2 Å². The number of aromatic carboxylic acids is 1. The van der Waals surface area contributed by atoms with Gasteiger partial charge in [0.2, 0.25) is 9.84 Å². The van der Waals surface area contributed by atoms with Gasteiger partial charge in [0.25, 0.3) is 0 Å². The molecule has 0 fully saturated rings. The predicted molar refractivity (Wildman–Crippen MR) is 52.5 cm³/mol. The molecule has 0 aliphatic carbocycles. The standard InChI is InChI=1S/C9H10O5S/c1-14-6-15(12,13)8-5-3-2-4-7(8)9(10)11/h2-5H,6H2,1H3,(H,10,11). The van der Waals surface area contributed by atoms with Gasteiger partial charge in [-0.15, -0.1) is 0 Å². The van der Waals surface area contributed by atoms with Crippen LogP contribution >= 0.6 is 0 Å². The highest BCUT2D eigenvalue weighted by atomic mass is 32.2. The second-order valence-corrected chi connectivity index (χ2v) is 4.73. The van der Waals surface area contributed by atoms with Crippen molar-refractivity contribution in [2.75, 3.05) is 13.0 Å². The molecule has 0 aliphatic rings. The van der Waals surface area contributed by atoms with Crippen molar-refractivity contribution < 1.29 is 23.1 Å². The number of methoxy groups -OCH3 is 1. The molecule has 0 saturated carbocycles. The maximum Gasteiger partial charge on any atom is 0.337 e. The Morgan fingerprint density at radius 1 is 1.40 bits per heavy atom. The van der Waals surface area contributed by atoms with Gasteiger partial charge >= 0.3 is 5.97 Å². The minimum Gasteiger partial charge on any atom is -0.478 e. The van der Waals surface area contributed by atoms with Crippen LogP contribution in [0.25, 0.3) is 0 Å². The monoisotopic (exact) mass is 230 g/mol. The topological polar surface area (TPSA) is 80.7 Å². The molecule has 82 valence electrons. The summed E-state index contributed by atoms with van der Waals surface area (Å²) in [5.41, 5.74) is -0.241. The summed E-state index contributed by atoms with van der Waals surface area (Å²) in [6.07, 6.45) is 0. The van der Waals surface area contributed by atoms with E-state index in [1.54, 1.807) is 0 Å². The van der Waals surface area contributed by atoms with Crippen LogP contribution in [0.2, 0.25) is 0 Å². The third kappa shape index (κ3) is 2.54. The van der Waals surface area contributed by atoms with Crippen LogP contribution < -0.4 is 0 Å². The highest BCUT2D eigenvalue weighted by molar-refractivity contribution is 7.91. The first-order valence-corrected chi connectivity index (χ1v) is 5.68. The largest absolute Gasteiger partial charge is 0.478 e.